The van der Waals surface area contributed by atoms with Crippen molar-refractivity contribution in [1.82, 2.24) is 15.0 Å². The first-order chi connectivity index (χ1) is 12.6. The second-order valence-electron chi connectivity index (χ2n) is 6.08. The van der Waals surface area contributed by atoms with Crippen molar-refractivity contribution in [3.8, 4) is 11.3 Å². The average Bonchev–Trinajstić information content (AvgIpc) is 3.17. The Balaban J connectivity index is 1.65. The van der Waals surface area contributed by atoms with Crippen molar-refractivity contribution in [3.63, 3.8) is 0 Å². The Bertz CT molecular complexity index is 968. The SMILES string of the molecule is O=C(O)[C@H]1Cc2ccccc2CN1C(=O)c1cc(-c2cccnc2)on1. The number of fused-ring (bicyclic) bond motifs is 1. The molecule has 130 valence electrons. The van der Waals surface area contributed by atoms with E-state index >= 15 is 0 Å². The van der Waals surface area contributed by atoms with E-state index in [1.165, 1.54) is 11.0 Å². The summed E-state index contributed by atoms with van der Waals surface area (Å²) in [6.45, 7) is 0.223. The number of hydrogen-bond donors (Lipinski definition) is 1. The number of amides is 1. The molecule has 0 aliphatic carbocycles. The van der Waals surface area contributed by atoms with E-state index in [1.807, 2.05) is 24.3 Å². The van der Waals surface area contributed by atoms with Crippen molar-refractivity contribution in [1.29, 1.82) is 0 Å². The predicted molar refractivity (Wildman–Crippen MR) is 91.2 cm³/mol. The van der Waals surface area contributed by atoms with Gasteiger partial charge in [-0.2, -0.15) is 0 Å². The van der Waals surface area contributed by atoms with E-state index in [-0.39, 0.29) is 18.7 Å². The Morgan fingerprint density at radius 3 is 2.69 bits per heavy atom. The van der Waals surface area contributed by atoms with Crippen LogP contribution in [0, 0.1) is 0 Å². The third-order valence-corrected chi connectivity index (χ3v) is 4.47. The molecule has 1 amide bonds. The molecule has 0 saturated carbocycles. The molecule has 1 aliphatic heterocycles. The fourth-order valence-corrected chi connectivity index (χ4v) is 3.12. The molecule has 3 aromatic rings. The van der Waals surface area contributed by atoms with Crippen LogP contribution in [0.3, 0.4) is 0 Å². The van der Waals surface area contributed by atoms with E-state index < -0.39 is 17.9 Å². The second-order valence-corrected chi connectivity index (χ2v) is 6.08. The van der Waals surface area contributed by atoms with E-state index in [4.69, 9.17) is 4.52 Å². The fourth-order valence-electron chi connectivity index (χ4n) is 3.12. The molecule has 1 aromatic carbocycles. The fraction of sp³-hybridized carbons (Fsp3) is 0.158. The van der Waals surface area contributed by atoms with Gasteiger partial charge in [-0.15, -0.1) is 0 Å². The third-order valence-electron chi connectivity index (χ3n) is 4.47. The zero-order valence-corrected chi connectivity index (χ0v) is 13.7. The van der Waals surface area contributed by atoms with Crippen LogP contribution in [0.2, 0.25) is 0 Å². The first-order valence-corrected chi connectivity index (χ1v) is 8.11. The van der Waals surface area contributed by atoms with Gasteiger partial charge >= 0.3 is 5.97 Å². The number of carbonyl (C=O) groups is 2. The lowest BCUT2D eigenvalue weighted by Crippen LogP contribution is -2.48. The standard InChI is InChI=1S/C19H15N3O4/c23-18(15-9-17(26-21-15)13-6-3-7-20-10-13)22-11-14-5-2-1-4-12(14)8-16(22)19(24)25/h1-7,9-10,16H,8,11H2,(H,24,25)/t16-/m1/s1. The van der Waals surface area contributed by atoms with Crippen LogP contribution in [0.25, 0.3) is 11.3 Å². The maximum absolute atomic E-state index is 12.9. The molecular weight excluding hydrogens is 334 g/mol. The van der Waals surface area contributed by atoms with Gasteiger partial charge in [-0.05, 0) is 23.3 Å². The summed E-state index contributed by atoms with van der Waals surface area (Å²) in [7, 11) is 0. The summed E-state index contributed by atoms with van der Waals surface area (Å²) < 4.78 is 5.24. The van der Waals surface area contributed by atoms with Gasteiger partial charge in [0.1, 0.15) is 6.04 Å². The normalized spacial score (nSPS) is 16.2. The minimum absolute atomic E-state index is 0.0782. The monoisotopic (exact) mass is 349 g/mol. The number of hydrogen-bond acceptors (Lipinski definition) is 5. The van der Waals surface area contributed by atoms with Crippen LogP contribution in [0.15, 0.2) is 59.4 Å². The largest absolute Gasteiger partial charge is 0.480 e. The zero-order chi connectivity index (χ0) is 18.1. The molecule has 0 bridgehead atoms. The van der Waals surface area contributed by atoms with Gasteiger partial charge in [-0.1, -0.05) is 29.4 Å². The molecule has 0 spiro atoms. The van der Waals surface area contributed by atoms with Crippen LogP contribution >= 0.6 is 0 Å². The Hall–Kier alpha value is -3.48. The maximum atomic E-state index is 12.9. The summed E-state index contributed by atoms with van der Waals surface area (Å²) in [5.74, 6) is -1.10. The van der Waals surface area contributed by atoms with Gasteiger partial charge in [0.25, 0.3) is 5.91 Å². The van der Waals surface area contributed by atoms with Gasteiger partial charge in [0, 0.05) is 37.0 Å². The number of rotatable bonds is 3. The highest BCUT2D eigenvalue weighted by atomic mass is 16.5. The number of nitrogens with zero attached hydrogens (tertiary/aromatic N) is 3. The van der Waals surface area contributed by atoms with Crippen LogP contribution in [0.5, 0.6) is 0 Å². The van der Waals surface area contributed by atoms with Crippen molar-refractivity contribution in [3.05, 3.63) is 71.7 Å². The van der Waals surface area contributed by atoms with Crippen molar-refractivity contribution < 1.29 is 19.2 Å². The van der Waals surface area contributed by atoms with Gasteiger partial charge in [-0.3, -0.25) is 9.78 Å². The molecule has 0 radical (unpaired) electrons. The van der Waals surface area contributed by atoms with E-state index in [2.05, 4.69) is 10.1 Å². The number of benzene rings is 1. The minimum atomic E-state index is -1.04. The van der Waals surface area contributed by atoms with E-state index in [0.717, 1.165) is 11.1 Å². The van der Waals surface area contributed by atoms with Crippen molar-refractivity contribution in [2.45, 2.75) is 19.0 Å². The number of aliphatic carboxylic acids is 1. The molecular formula is C19H15N3O4. The van der Waals surface area contributed by atoms with Crippen LogP contribution in [-0.4, -0.2) is 38.1 Å². The number of carbonyl (C=O) groups excluding carboxylic acids is 1. The van der Waals surface area contributed by atoms with E-state index in [0.29, 0.717) is 11.3 Å². The van der Waals surface area contributed by atoms with Gasteiger partial charge in [0.05, 0.1) is 0 Å². The summed E-state index contributed by atoms with van der Waals surface area (Å²) in [5, 5.41) is 13.4. The molecule has 0 unspecified atom stereocenters. The summed E-state index contributed by atoms with van der Waals surface area (Å²) in [5.41, 5.74) is 2.65. The highest BCUT2D eigenvalue weighted by molar-refractivity contribution is 5.96. The Kier molecular flexibility index (Phi) is 3.96. The highest BCUT2D eigenvalue weighted by Crippen LogP contribution is 2.26. The Morgan fingerprint density at radius 2 is 1.96 bits per heavy atom. The lowest BCUT2D eigenvalue weighted by Gasteiger charge is -2.33. The number of pyridine rings is 1. The van der Waals surface area contributed by atoms with Crippen molar-refractivity contribution >= 4 is 11.9 Å². The number of carboxylic acid groups (broad SMARTS) is 1. The molecule has 2 aromatic heterocycles. The molecule has 0 saturated heterocycles. The van der Waals surface area contributed by atoms with Crippen molar-refractivity contribution in [2.24, 2.45) is 0 Å². The molecule has 1 aliphatic rings. The first kappa shape index (κ1) is 16.0. The molecule has 7 nitrogen and oxygen atoms in total. The lowest BCUT2D eigenvalue weighted by molar-refractivity contribution is -0.142. The van der Waals surface area contributed by atoms with Gasteiger partial charge in [0.15, 0.2) is 11.5 Å². The average molecular weight is 349 g/mol. The molecule has 0 fully saturated rings. The van der Waals surface area contributed by atoms with Crippen molar-refractivity contribution in [2.75, 3.05) is 0 Å². The predicted octanol–water partition coefficient (Wildman–Crippen LogP) is 2.39. The molecule has 7 heteroatoms. The maximum Gasteiger partial charge on any atom is 0.326 e. The summed E-state index contributed by atoms with van der Waals surface area (Å²) in [6.07, 6.45) is 3.51. The summed E-state index contributed by atoms with van der Waals surface area (Å²) >= 11 is 0. The van der Waals surface area contributed by atoms with Gasteiger partial charge < -0.3 is 14.5 Å². The van der Waals surface area contributed by atoms with Crippen LogP contribution in [0.4, 0.5) is 0 Å². The highest BCUT2D eigenvalue weighted by Gasteiger charge is 2.36. The van der Waals surface area contributed by atoms with E-state index in [1.54, 1.807) is 24.5 Å². The summed E-state index contributed by atoms with van der Waals surface area (Å²) in [6, 6.07) is 11.7. The molecule has 4 rings (SSSR count). The van der Waals surface area contributed by atoms with Crippen LogP contribution in [0.1, 0.15) is 21.6 Å². The van der Waals surface area contributed by atoms with Crippen LogP contribution in [-0.2, 0) is 17.8 Å². The topological polar surface area (TPSA) is 96.5 Å². The Morgan fingerprint density at radius 1 is 1.15 bits per heavy atom. The van der Waals surface area contributed by atoms with Gasteiger partial charge in [-0.25, -0.2) is 4.79 Å². The lowest BCUT2D eigenvalue weighted by atomic mass is 9.93. The number of aromatic nitrogens is 2. The third kappa shape index (κ3) is 2.83. The number of carboxylic acids is 1. The Labute approximate surface area is 148 Å². The summed E-state index contributed by atoms with van der Waals surface area (Å²) in [4.78, 5) is 29.9. The molecule has 3 heterocycles. The molecule has 26 heavy (non-hydrogen) atoms. The first-order valence-electron chi connectivity index (χ1n) is 8.11. The second kappa shape index (κ2) is 6.44. The van der Waals surface area contributed by atoms with Gasteiger partial charge in [0.2, 0.25) is 0 Å². The molecule has 1 N–H and O–H groups in total. The quantitative estimate of drug-likeness (QED) is 0.780. The van der Waals surface area contributed by atoms with Crippen LogP contribution < -0.4 is 0 Å². The van der Waals surface area contributed by atoms with E-state index in [9.17, 15) is 14.7 Å². The molecule has 1 atom stereocenters. The minimum Gasteiger partial charge on any atom is -0.480 e. The zero-order valence-electron chi connectivity index (χ0n) is 13.7. The smallest absolute Gasteiger partial charge is 0.326 e.